The largest absolute Gasteiger partial charge is 0.497 e. The summed E-state index contributed by atoms with van der Waals surface area (Å²) in [7, 11) is 4.86. The average molecular weight is 572 g/mol. The van der Waals surface area contributed by atoms with Crippen LogP contribution < -0.4 is 19.5 Å². The number of benzene rings is 2. The van der Waals surface area contributed by atoms with Crippen molar-refractivity contribution >= 4 is 23.8 Å². The Kier molecular flexibility index (Phi) is 11.3. The van der Waals surface area contributed by atoms with Gasteiger partial charge in [0.15, 0.2) is 11.5 Å². The Balaban J connectivity index is 0.000000696. The van der Waals surface area contributed by atoms with Crippen LogP contribution in [0.3, 0.4) is 0 Å². The van der Waals surface area contributed by atoms with Crippen LogP contribution >= 0.6 is 0 Å². The molecule has 0 bridgehead atoms. The molecule has 0 radical (unpaired) electrons. The van der Waals surface area contributed by atoms with Crippen LogP contribution in [0.1, 0.15) is 34.3 Å². The van der Waals surface area contributed by atoms with Crippen LogP contribution in [0.25, 0.3) is 0 Å². The van der Waals surface area contributed by atoms with Crippen LogP contribution in [0, 0.1) is 5.92 Å². The van der Waals surface area contributed by atoms with Crippen molar-refractivity contribution < 1.29 is 43.6 Å². The molecule has 0 aromatic heterocycles. The van der Waals surface area contributed by atoms with Crippen LogP contribution in [-0.4, -0.2) is 97.8 Å². The normalized spacial score (nSPS) is 16.4. The number of carbonyl (C=O) groups excluding carboxylic acids is 2. The smallest absolute Gasteiger partial charge is 0.414 e. The molecular formula is C29H37N3O9. The summed E-state index contributed by atoms with van der Waals surface area (Å²) < 4.78 is 16.1. The number of aliphatic carboxylic acids is 2. The lowest BCUT2D eigenvalue weighted by atomic mass is 9.93. The van der Waals surface area contributed by atoms with Crippen molar-refractivity contribution in [2.45, 2.75) is 25.8 Å². The van der Waals surface area contributed by atoms with Crippen LogP contribution in [0.5, 0.6) is 17.2 Å². The number of ether oxygens (including phenoxy) is 3. The van der Waals surface area contributed by atoms with E-state index in [0.717, 1.165) is 50.2 Å². The van der Waals surface area contributed by atoms with E-state index in [2.05, 4.69) is 10.2 Å². The molecular weight excluding hydrogens is 534 g/mol. The lowest BCUT2D eigenvalue weighted by Crippen LogP contribution is -2.47. The summed E-state index contributed by atoms with van der Waals surface area (Å²) >= 11 is 0. The molecule has 2 aromatic carbocycles. The molecule has 0 aliphatic carbocycles. The number of rotatable bonds is 8. The summed E-state index contributed by atoms with van der Waals surface area (Å²) in [4.78, 5) is 48.3. The van der Waals surface area contributed by atoms with E-state index in [1.807, 2.05) is 23.1 Å². The number of nitrogens with zero attached hydrogens (tertiary/aromatic N) is 2. The van der Waals surface area contributed by atoms with Gasteiger partial charge in [0.2, 0.25) is 5.91 Å². The zero-order valence-corrected chi connectivity index (χ0v) is 23.6. The highest BCUT2D eigenvalue weighted by molar-refractivity contribution is 6.27. The second-order valence-corrected chi connectivity index (χ2v) is 9.72. The number of methoxy groups -OCH3 is 3. The molecule has 41 heavy (non-hydrogen) atoms. The van der Waals surface area contributed by atoms with Crippen molar-refractivity contribution in [2.75, 3.05) is 54.1 Å². The maximum atomic E-state index is 13.4. The molecule has 2 aliphatic rings. The third-order valence-corrected chi connectivity index (χ3v) is 7.11. The van der Waals surface area contributed by atoms with E-state index in [0.29, 0.717) is 36.7 Å². The molecule has 1 saturated heterocycles. The highest BCUT2D eigenvalue weighted by Gasteiger charge is 2.31. The van der Waals surface area contributed by atoms with Crippen LogP contribution in [0.4, 0.5) is 0 Å². The number of fused-ring (bicyclic) bond motifs is 1. The van der Waals surface area contributed by atoms with E-state index < -0.39 is 11.9 Å². The fourth-order valence-electron chi connectivity index (χ4n) is 4.98. The Labute approximate surface area is 238 Å². The van der Waals surface area contributed by atoms with Crippen molar-refractivity contribution in [1.82, 2.24) is 15.1 Å². The zero-order valence-electron chi connectivity index (χ0n) is 23.6. The summed E-state index contributed by atoms with van der Waals surface area (Å²) in [6, 6.07) is 11.1. The van der Waals surface area contributed by atoms with Crippen molar-refractivity contribution in [3.63, 3.8) is 0 Å². The Morgan fingerprint density at radius 2 is 1.61 bits per heavy atom. The molecule has 1 atom stereocenters. The van der Waals surface area contributed by atoms with Crippen molar-refractivity contribution in [3.8, 4) is 17.2 Å². The Bertz CT molecular complexity index is 1240. The van der Waals surface area contributed by atoms with E-state index in [9.17, 15) is 9.59 Å². The van der Waals surface area contributed by atoms with Crippen LogP contribution in [-0.2, 0) is 27.3 Å². The molecule has 4 rings (SSSR count). The molecule has 2 aromatic rings. The van der Waals surface area contributed by atoms with E-state index in [1.165, 1.54) is 5.56 Å². The fourth-order valence-corrected chi connectivity index (χ4v) is 4.98. The number of nitrogens with one attached hydrogen (secondary N) is 1. The predicted octanol–water partition coefficient (Wildman–Crippen LogP) is 1.89. The first-order valence-corrected chi connectivity index (χ1v) is 13.3. The SMILES string of the molecule is COc1cccc(C(=O)NCCN2CCCC(C(=O)N3CCc4cc(OC)c(OC)cc4C3)C2)c1.O=C(O)C(=O)O. The Morgan fingerprint density at radius 3 is 2.24 bits per heavy atom. The molecule has 3 N–H and O–H groups in total. The monoisotopic (exact) mass is 571 g/mol. The molecule has 12 heteroatoms. The molecule has 2 amide bonds. The highest BCUT2D eigenvalue weighted by Crippen LogP contribution is 2.34. The van der Waals surface area contributed by atoms with Gasteiger partial charge in [-0.2, -0.15) is 0 Å². The lowest BCUT2D eigenvalue weighted by molar-refractivity contribution is -0.159. The van der Waals surface area contributed by atoms with Gasteiger partial charge in [-0.3, -0.25) is 9.59 Å². The van der Waals surface area contributed by atoms with E-state index in [4.69, 9.17) is 34.0 Å². The molecule has 2 heterocycles. The minimum atomic E-state index is -1.82. The van der Waals surface area contributed by atoms with Gasteiger partial charge in [-0.1, -0.05) is 6.07 Å². The fraction of sp³-hybridized carbons (Fsp3) is 0.448. The third kappa shape index (κ3) is 8.58. The summed E-state index contributed by atoms with van der Waals surface area (Å²) in [5.41, 5.74) is 2.91. The van der Waals surface area contributed by atoms with Gasteiger partial charge in [0, 0.05) is 38.3 Å². The van der Waals surface area contributed by atoms with Gasteiger partial charge in [-0.15, -0.1) is 0 Å². The lowest BCUT2D eigenvalue weighted by Gasteiger charge is -2.37. The van der Waals surface area contributed by atoms with Gasteiger partial charge in [0.05, 0.1) is 27.2 Å². The first kappa shape index (κ1) is 31.2. The third-order valence-electron chi connectivity index (χ3n) is 7.11. The van der Waals surface area contributed by atoms with Crippen molar-refractivity contribution in [2.24, 2.45) is 5.92 Å². The van der Waals surface area contributed by atoms with Crippen molar-refractivity contribution in [1.29, 1.82) is 0 Å². The van der Waals surface area contributed by atoms with E-state index in [1.54, 1.807) is 39.5 Å². The molecule has 12 nitrogen and oxygen atoms in total. The number of hydrogen-bond donors (Lipinski definition) is 3. The van der Waals surface area contributed by atoms with Gasteiger partial charge >= 0.3 is 11.9 Å². The van der Waals surface area contributed by atoms with Gasteiger partial charge in [0.1, 0.15) is 5.75 Å². The first-order chi connectivity index (χ1) is 19.7. The van der Waals surface area contributed by atoms with Gasteiger partial charge in [0.25, 0.3) is 5.91 Å². The minimum absolute atomic E-state index is 0.0143. The number of amides is 2. The maximum absolute atomic E-state index is 13.4. The quantitative estimate of drug-likeness (QED) is 0.400. The van der Waals surface area contributed by atoms with Crippen LogP contribution in [0.15, 0.2) is 36.4 Å². The second kappa shape index (κ2) is 14.9. The summed E-state index contributed by atoms with van der Waals surface area (Å²) in [5, 5.41) is 17.8. The zero-order chi connectivity index (χ0) is 29.9. The number of carboxylic acids is 2. The average Bonchev–Trinajstić information content (AvgIpc) is 3.00. The molecule has 0 saturated carbocycles. The van der Waals surface area contributed by atoms with Gasteiger partial charge < -0.3 is 39.5 Å². The van der Waals surface area contributed by atoms with Gasteiger partial charge in [-0.05, 0) is 67.3 Å². The molecule has 222 valence electrons. The Morgan fingerprint density at radius 1 is 0.927 bits per heavy atom. The number of piperidine rings is 1. The van der Waals surface area contributed by atoms with Crippen molar-refractivity contribution in [3.05, 3.63) is 53.1 Å². The topological polar surface area (TPSA) is 155 Å². The molecule has 2 aliphatic heterocycles. The minimum Gasteiger partial charge on any atom is -0.497 e. The number of hydrogen-bond acceptors (Lipinski definition) is 8. The van der Waals surface area contributed by atoms with Gasteiger partial charge in [-0.25, -0.2) is 9.59 Å². The molecule has 1 fully saturated rings. The summed E-state index contributed by atoms with van der Waals surface area (Å²) in [6.07, 6.45) is 2.70. The predicted molar refractivity (Wildman–Crippen MR) is 148 cm³/mol. The van der Waals surface area contributed by atoms with Crippen LogP contribution in [0.2, 0.25) is 0 Å². The summed E-state index contributed by atoms with van der Waals surface area (Å²) in [6.45, 7) is 4.24. The number of carboxylic acid groups (broad SMARTS) is 2. The molecule has 1 unspecified atom stereocenters. The second-order valence-electron chi connectivity index (χ2n) is 9.72. The highest BCUT2D eigenvalue weighted by atomic mass is 16.5. The maximum Gasteiger partial charge on any atom is 0.414 e. The first-order valence-electron chi connectivity index (χ1n) is 13.3. The number of carbonyl (C=O) groups is 4. The summed E-state index contributed by atoms with van der Waals surface area (Å²) in [5.74, 6) is -1.48. The standard InChI is InChI=1S/C27H35N3O5.C2H2O4/c1-33-23-8-4-6-20(14-23)26(31)28-10-13-29-11-5-7-21(17-29)27(32)30-12-9-19-15-24(34-2)25(35-3)16-22(19)18-30;3-1(4)2(5)6/h4,6,8,14-16,21H,5,7,9-13,17-18H2,1-3H3,(H,28,31);(H,3,4)(H,5,6). The molecule has 0 spiro atoms. The van der Waals surface area contributed by atoms with E-state index in [-0.39, 0.29) is 17.7 Å². The van der Waals surface area contributed by atoms with E-state index >= 15 is 0 Å². The Hall–Kier alpha value is -4.32. The number of likely N-dealkylation sites (tertiary alicyclic amines) is 1.